The number of benzene rings is 1. The molecule has 1 aromatic carbocycles. The van der Waals surface area contributed by atoms with Crippen LogP contribution < -0.4 is 0 Å². The first-order valence-corrected chi connectivity index (χ1v) is 10.4. The van der Waals surface area contributed by atoms with Crippen LogP contribution in [-0.4, -0.2) is 43.7 Å². The Hall–Kier alpha value is -4.18. The number of hydrogen-bond acceptors (Lipinski definition) is 12. The molecule has 0 aliphatic carbocycles. The second-order valence-corrected chi connectivity index (χ2v) is 6.83. The minimum atomic E-state index is -0.814. The molecule has 0 saturated heterocycles. The van der Waals surface area contributed by atoms with Crippen molar-refractivity contribution < 1.29 is 33.5 Å². The lowest BCUT2D eigenvalue weighted by Crippen LogP contribution is -2.12. The molecule has 0 bridgehead atoms. The van der Waals surface area contributed by atoms with Gasteiger partial charge in [0.25, 0.3) is 0 Å². The number of nitriles is 1. The van der Waals surface area contributed by atoms with Crippen LogP contribution in [0.3, 0.4) is 0 Å². The van der Waals surface area contributed by atoms with Gasteiger partial charge in [0, 0.05) is 12.5 Å². The van der Waals surface area contributed by atoms with E-state index in [9.17, 15) is 24.5 Å². The Morgan fingerprint density at radius 1 is 1.20 bits per heavy atom. The van der Waals surface area contributed by atoms with Gasteiger partial charge in [0.05, 0.1) is 31.8 Å². The van der Waals surface area contributed by atoms with E-state index in [0.29, 0.717) is 23.3 Å². The molecule has 190 valence electrons. The van der Waals surface area contributed by atoms with Gasteiger partial charge in [-0.25, -0.2) is 10.3 Å². The second-order valence-electron chi connectivity index (χ2n) is 5.82. The molecule has 0 fully saturated rings. The van der Waals surface area contributed by atoms with E-state index in [1.165, 1.54) is 14.2 Å². The Morgan fingerprint density at radius 2 is 1.80 bits per heavy atom. The Labute approximate surface area is 207 Å². The first-order valence-electron chi connectivity index (χ1n) is 9.62. The minimum Gasteiger partial charge on any atom is -0.469 e. The molecule has 0 radical (unpaired) electrons. The van der Waals surface area contributed by atoms with Gasteiger partial charge >= 0.3 is 22.9 Å². The van der Waals surface area contributed by atoms with Crippen molar-refractivity contribution in [2.24, 2.45) is 5.11 Å². The smallest absolute Gasteiger partial charge is 0.341 e. The third kappa shape index (κ3) is 11.5. The van der Waals surface area contributed by atoms with Crippen LogP contribution in [0.5, 0.6) is 0 Å². The number of nitrogens with one attached hydrogen (secondary N) is 1. The van der Waals surface area contributed by atoms with Gasteiger partial charge in [-0.15, -0.1) is 5.11 Å². The zero-order valence-corrected chi connectivity index (χ0v) is 19.8. The first kappa shape index (κ1) is 33.0. The third-order valence-corrected chi connectivity index (χ3v) is 4.67. The summed E-state index contributed by atoms with van der Waals surface area (Å²) >= 11 is 0.668. The molecule has 1 atom stereocenters. The van der Waals surface area contributed by atoms with Crippen molar-refractivity contribution in [2.45, 2.75) is 33.6 Å². The van der Waals surface area contributed by atoms with Crippen molar-refractivity contribution in [3.8, 4) is 6.07 Å². The molecule has 35 heavy (non-hydrogen) atoms. The van der Waals surface area contributed by atoms with E-state index in [1.54, 1.807) is 38.1 Å². The zero-order valence-electron chi connectivity index (χ0n) is 19.0. The number of methoxy groups -OCH3 is 2. The van der Waals surface area contributed by atoms with Gasteiger partial charge in [-0.05, 0) is 23.8 Å². The van der Waals surface area contributed by atoms with Crippen LogP contribution in [-0.2, 0) is 23.8 Å². The van der Waals surface area contributed by atoms with E-state index < -0.39 is 22.8 Å². The number of thiophene rings is 1. The Kier molecular flexibility index (Phi) is 17.2. The lowest BCUT2D eigenvalue weighted by atomic mass is 10.0. The molecule has 1 aromatic heterocycles. The topological polar surface area (TPSA) is 182 Å². The summed E-state index contributed by atoms with van der Waals surface area (Å²) in [5, 5.41) is 21.9. The third-order valence-electron chi connectivity index (χ3n) is 3.69. The first-order chi connectivity index (χ1) is 16.2. The number of rotatable bonds is 7. The molecule has 1 unspecified atom stereocenters. The molecule has 13 heteroatoms. The standard InChI is InChI=1S/C10H9NO2.C7H7N3O4S.C4H8O2.CH4/c1-13-10(12)9(7-11)8-5-3-2-4-6-8;1-2-14-7(11)4-3-5(10(12)13)15-6(4)9-8;1-3-4(5)6-2;/h2-6,9H,1H3;3,8H,2H2,1H3;3H2,1-2H3;1H4. The Bertz CT molecular complexity index is 1010. The largest absolute Gasteiger partial charge is 0.469 e. The molecular formula is C22H28N4O8S. The number of nitro groups is 1. The number of ether oxygens (including phenoxy) is 3. The van der Waals surface area contributed by atoms with E-state index in [-0.39, 0.29) is 35.6 Å². The van der Waals surface area contributed by atoms with Crippen molar-refractivity contribution in [1.29, 1.82) is 10.8 Å². The highest BCUT2D eigenvalue weighted by molar-refractivity contribution is 7.19. The maximum atomic E-state index is 11.3. The summed E-state index contributed by atoms with van der Waals surface area (Å²) in [7, 11) is 2.65. The van der Waals surface area contributed by atoms with E-state index in [1.807, 2.05) is 12.1 Å². The van der Waals surface area contributed by atoms with Crippen LogP contribution in [0.15, 0.2) is 41.5 Å². The fraction of sp³-hybridized carbons (Fsp3) is 0.364. The van der Waals surface area contributed by atoms with Gasteiger partial charge in [-0.3, -0.25) is 19.7 Å². The van der Waals surface area contributed by atoms with Gasteiger partial charge in [-0.1, -0.05) is 44.7 Å². The van der Waals surface area contributed by atoms with Crippen LogP contribution in [0, 0.1) is 27.0 Å². The number of carbonyl (C=O) groups excluding carboxylic acids is 3. The molecule has 2 rings (SSSR count). The predicted octanol–water partition coefficient (Wildman–Crippen LogP) is 5.17. The van der Waals surface area contributed by atoms with E-state index in [2.05, 4.69) is 19.3 Å². The van der Waals surface area contributed by atoms with Crippen molar-refractivity contribution in [3.63, 3.8) is 0 Å². The number of hydrogen-bond donors (Lipinski definition) is 1. The van der Waals surface area contributed by atoms with Crippen molar-refractivity contribution in [1.82, 2.24) is 0 Å². The van der Waals surface area contributed by atoms with Gasteiger partial charge in [0.2, 0.25) is 0 Å². The van der Waals surface area contributed by atoms with Crippen molar-refractivity contribution in [3.05, 3.63) is 57.6 Å². The van der Waals surface area contributed by atoms with Crippen LogP contribution in [0.1, 0.15) is 49.5 Å². The predicted molar refractivity (Wildman–Crippen MR) is 128 cm³/mol. The molecule has 1 N–H and O–H groups in total. The maximum Gasteiger partial charge on any atom is 0.341 e. The van der Waals surface area contributed by atoms with Gasteiger partial charge in [0.1, 0.15) is 5.56 Å². The average Bonchev–Trinajstić information content (AvgIpc) is 3.30. The maximum absolute atomic E-state index is 11.3. The summed E-state index contributed by atoms with van der Waals surface area (Å²) < 4.78 is 13.4. The van der Waals surface area contributed by atoms with E-state index >= 15 is 0 Å². The highest BCUT2D eigenvalue weighted by atomic mass is 32.1. The summed E-state index contributed by atoms with van der Waals surface area (Å²) in [5.41, 5.74) is 7.39. The van der Waals surface area contributed by atoms with E-state index in [0.717, 1.165) is 6.07 Å². The normalized spacial score (nSPS) is 9.69. The number of esters is 3. The quantitative estimate of drug-likeness (QED) is 0.173. The van der Waals surface area contributed by atoms with Crippen LogP contribution in [0.2, 0.25) is 0 Å². The summed E-state index contributed by atoms with van der Waals surface area (Å²) in [6.45, 7) is 3.54. The molecule has 0 amide bonds. The molecule has 0 aliphatic heterocycles. The molecule has 0 aliphatic rings. The average molecular weight is 509 g/mol. The lowest BCUT2D eigenvalue weighted by Gasteiger charge is -2.05. The zero-order chi connectivity index (χ0) is 26.1. The van der Waals surface area contributed by atoms with Crippen LogP contribution >= 0.6 is 11.3 Å². The summed E-state index contributed by atoms with van der Waals surface area (Å²) in [5.74, 6) is -2.19. The van der Waals surface area contributed by atoms with Crippen molar-refractivity contribution in [2.75, 3.05) is 20.8 Å². The fourth-order valence-electron chi connectivity index (χ4n) is 2.07. The van der Waals surface area contributed by atoms with Gasteiger partial charge < -0.3 is 14.2 Å². The highest BCUT2D eigenvalue weighted by Gasteiger charge is 2.22. The Balaban J connectivity index is 0. The van der Waals surface area contributed by atoms with Crippen molar-refractivity contribution >= 4 is 39.2 Å². The molecule has 0 saturated carbocycles. The lowest BCUT2D eigenvalue weighted by molar-refractivity contribution is -0.380. The van der Waals surface area contributed by atoms with E-state index in [4.69, 9.17) is 10.8 Å². The molecular weight excluding hydrogens is 480 g/mol. The number of carbonyl (C=O) groups is 3. The van der Waals surface area contributed by atoms with Crippen LogP contribution in [0.4, 0.5) is 10.0 Å². The monoisotopic (exact) mass is 508 g/mol. The number of nitrogens with zero attached hydrogens (tertiary/aromatic N) is 3. The summed E-state index contributed by atoms with van der Waals surface area (Å²) in [4.78, 5) is 42.1. The highest BCUT2D eigenvalue weighted by Crippen LogP contribution is 2.36. The molecule has 12 nitrogen and oxygen atoms in total. The second kappa shape index (κ2) is 18.3. The van der Waals surface area contributed by atoms with Crippen LogP contribution in [0.25, 0.3) is 0 Å². The Morgan fingerprint density at radius 3 is 2.17 bits per heavy atom. The molecule has 0 spiro atoms. The minimum absolute atomic E-state index is 0. The fourth-order valence-corrected chi connectivity index (χ4v) is 2.82. The van der Waals surface area contributed by atoms with Gasteiger partial charge in [-0.2, -0.15) is 5.26 Å². The molecule has 2 aromatic rings. The molecule has 1 heterocycles. The summed E-state index contributed by atoms with van der Waals surface area (Å²) in [6, 6.07) is 11.8. The van der Waals surface area contributed by atoms with Gasteiger partial charge in [0.15, 0.2) is 10.9 Å². The SMILES string of the molecule is C.CCC(=O)OC.CCOC(=O)c1cc([N+](=O)[O-])sc1N=N.COC(=O)C(C#N)c1ccccc1. The summed E-state index contributed by atoms with van der Waals surface area (Å²) in [6.07, 6.45) is 0.469.